The van der Waals surface area contributed by atoms with Crippen LogP contribution in [0.3, 0.4) is 0 Å². The number of halogens is 3. The van der Waals surface area contributed by atoms with Crippen LogP contribution >= 0.6 is 0 Å². The van der Waals surface area contributed by atoms with Gasteiger partial charge in [-0.3, -0.25) is 15.0 Å². The molecule has 0 spiro atoms. The summed E-state index contributed by atoms with van der Waals surface area (Å²) in [6.07, 6.45) is -0.250. The number of nitrogens with zero attached hydrogens (tertiary/aromatic N) is 4. The third-order valence-electron chi connectivity index (χ3n) is 6.69. The second-order valence-corrected chi connectivity index (χ2v) is 8.14. The van der Waals surface area contributed by atoms with E-state index in [9.17, 15) is 18.0 Å². The SMILES string of the molecule is Cn1ccc(-c2cc(NC(=O)[N+]34C5CC3C4c3ncccc35)ccc2C(F)(F)F)n1. The van der Waals surface area contributed by atoms with E-state index in [0.717, 1.165) is 23.7 Å². The number of hydrogen-bond donors (Lipinski definition) is 1. The number of nitrogens with one attached hydrogen (secondary N) is 1. The van der Waals surface area contributed by atoms with Gasteiger partial charge in [-0.25, -0.2) is 9.28 Å². The Morgan fingerprint density at radius 2 is 2.10 bits per heavy atom. The van der Waals surface area contributed by atoms with E-state index >= 15 is 0 Å². The number of carbonyl (C=O) groups excluding carboxylic acids is 1. The minimum atomic E-state index is -4.52. The standard InChI is InChI=1S/C21H16F3N5O/c1-28-8-6-15(27-28)13-9-11(4-5-14(13)21(22,23)24)26-20(30)29-16-10-17(29)19(29)18-12(16)3-2-7-25-18/h2-9,16-17,19H,10H2,1H3/p+1. The second-order valence-electron chi connectivity index (χ2n) is 8.14. The monoisotopic (exact) mass is 412 g/mol. The number of carbonyl (C=O) groups is 1. The van der Waals surface area contributed by atoms with Crippen molar-refractivity contribution in [3.8, 4) is 11.3 Å². The average Bonchev–Trinajstić information content (AvgIpc) is 2.95. The van der Waals surface area contributed by atoms with Gasteiger partial charge in [0.1, 0.15) is 11.7 Å². The molecule has 9 heteroatoms. The lowest BCUT2D eigenvalue weighted by molar-refractivity contribution is -0.810. The summed E-state index contributed by atoms with van der Waals surface area (Å²) in [4.78, 5) is 17.7. The number of amides is 2. The molecule has 0 saturated carbocycles. The van der Waals surface area contributed by atoms with Crippen LogP contribution in [0.25, 0.3) is 11.3 Å². The van der Waals surface area contributed by atoms with Crippen molar-refractivity contribution in [2.45, 2.75) is 30.7 Å². The summed E-state index contributed by atoms with van der Waals surface area (Å²) in [5.41, 5.74) is 1.79. The molecule has 4 atom stereocenters. The summed E-state index contributed by atoms with van der Waals surface area (Å²) >= 11 is 0. The molecule has 152 valence electrons. The summed E-state index contributed by atoms with van der Waals surface area (Å²) in [6.45, 7) is 0. The molecule has 2 fully saturated rings. The van der Waals surface area contributed by atoms with Crippen molar-refractivity contribution in [3.63, 3.8) is 0 Å². The molecule has 1 N–H and O–H groups in total. The van der Waals surface area contributed by atoms with Gasteiger partial charge in [0.05, 0.1) is 17.7 Å². The Morgan fingerprint density at radius 3 is 2.80 bits per heavy atom. The van der Waals surface area contributed by atoms with Crippen LogP contribution in [-0.4, -0.2) is 31.3 Å². The normalized spacial score (nSPS) is 27.8. The quantitative estimate of drug-likeness (QED) is 0.500. The van der Waals surface area contributed by atoms with Crippen molar-refractivity contribution in [1.29, 1.82) is 0 Å². The zero-order valence-corrected chi connectivity index (χ0v) is 15.9. The van der Waals surface area contributed by atoms with Crippen LogP contribution < -0.4 is 5.32 Å². The highest BCUT2D eigenvalue weighted by Gasteiger charge is 2.88. The molecule has 4 unspecified atom stereocenters. The molecule has 0 bridgehead atoms. The number of anilines is 1. The lowest BCUT2D eigenvalue weighted by Gasteiger charge is -2.32. The van der Waals surface area contributed by atoms with Crippen molar-refractivity contribution in [1.82, 2.24) is 14.8 Å². The summed E-state index contributed by atoms with van der Waals surface area (Å²) in [7, 11) is 1.64. The highest BCUT2D eigenvalue weighted by atomic mass is 19.4. The first-order valence-electron chi connectivity index (χ1n) is 9.67. The number of aromatic nitrogens is 3. The molecule has 2 amide bonds. The molecule has 3 aliphatic heterocycles. The minimum absolute atomic E-state index is 0.0558. The third-order valence-corrected chi connectivity index (χ3v) is 6.69. The van der Waals surface area contributed by atoms with Crippen molar-refractivity contribution in [2.75, 3.05) is 5.32 Å². The maximum atomic E-state index is 13.5. The summed E-state index contributed by atoms with van der Waals surface area (Å²) in [5.74, 6) is 0. The zero-order valence-electron chi connectivity index (χ0n) is 15.9. The molecule has 3 aromatic rings. The highest BCUT2D eigenvalue weighted by Crippen LogP contribution is 2.76. The predicted molar refractivity (Wildman–Crippen MR) is 101 cm³/mol. The van der Waals surface area contributed by atoms with Crippen LogP contribution in [-0.2, 0) is 13.2 Å². The molecule has 0 aliphatic carbocycles. The lowest BCUT2D eigenvalue weighted by atomic mass is 9.89. The van der Waals surface area contributed by atoms with Gasteiger partial charge in [-0.2, -0.15) is 18.3 Å². The van der Waals surface area contributed by atoms with E-state index in [1.54, 1.807) is 19.4 Å². The zero-order chi connectivity index (χ0) is 20.8. The van der Waals surface area contributed by atoms with E-state index in [0.29, 0.717) is 10.2 Å². The highest BCUT2D eigenvalue weighted by molar-refractivity contribution is 5.88. The van der Waals surface area contributed by atoms with Gasteiger partial charge in [0.15, 0.2) is 12.1 Å². The molecular weight excluding hydrogens is 395 g/mol. The van der Waals surface area contributed by atoms with Gasteiger partial charge in [0, 0.05) is 36.3 Å². The van der Waals surface area contributed by atoms with Crippen molar-refractivity contribution in [2.24, 2.45) is 7.05 Å². The fourth-order valence-electron chi connectivity index (χ4n) is 5.39. The fraction of sp³-hybridized carbons (Fsp3) is 0.286. The number of alkyl halides is 3. The van der Waals surface area contributed by atoms with Crippen molar-refractivity contribution in [3.05, 3.63) is 65.6 Å². The summed E-state index contributed by atoms with van der Waals surface area (Å²) in [6, 6.07) is 9.26. The van der Waals surface area contributed by atoms with E-state index in [4.69, 9.17) is 0 Å². The van der Waals surface area contributed by atoms with Gasteiger partial charge < -0.3 is 0 Å². The molecule has 6 rings (SSSR count). The molecule has 1 aromatic carbocycles. The van der Waals surface area contributed by atoms with Crippen LogP contribution in [0.4, 0.5) is 23.7 Å². The van der Waals surface area contributed by atoms with E-state index in [-0.39, 0.29) is 35.4 Å². The second kappa shape index (κ2) is 5.48. The molecule has 5 heterocycles. The van der Waals surface area contributed by atoms with Gasteiger partial charge in [0.25, 0.3) is 0 Å². The smallest absolute Gasteiger partial charge is 0.275 e. The first-order valence-corrected chi connectivity index (χ1v) is 9.67. The van der Waals surface area contributed by atoms with Crippen molar-refractivity contribution < 1.29 is 22.4 Å². The van der Waals surface area contributed by atoms with Crippen molar-refractivity contribution >= 4 is 11.7 Å². The number of urea groups is 1. The van der Waals surface area contributed by atoms with E-state index in [2.05, 4.69) is 15.4 Å². The molecule has 3 aliphatic rings. The average molecular weight is 412 g/mol. The number of quaternary nitrogens is 1. The summed E-state index contributed by atoms with van der Waals surface area (Å²) < 4.78 is 42.3. The van der Waals surface area contributed by atoms with Gasteiger partial charge in [-0.15, -0.1) is 0 Å². The number of benzene rings is 1. The first-order chi connectivity index (χ1) is 14.3. The van der Waals surface area contributed by atoms with E-state index < -0.39 is 11.7 Å². The molecule has 6 nitrogen and oxygen atoms in total. The van der Waals surface area contributed by atoms with E-state index in [1.165, 1.54) is 22.9 Å². The number of rotatable bonds is 2. The first kappa shape index (κ1) is 17.6. The number of aryl methyl sites for hydroxylation is 1. The van der Waals surface area contributed by atoms with Gasteiger partial charge in [-0.05, 0) is 36.4 Å². The summed E-state index contributed by atoms with van der Waals surface area (Å²) in [5, 5.41) is 6.97. The Hall–Kier alpha value is -3.20. The third kappa shape index (κ3) is 2.10. The number of fused-ring (bicyclic) bond motifs is 4. The molecule has 0 radical (unpaired) electrons. The van der Waals surface area contributed by atoms with Crippen LogP contribution in [0.2, 0.25) is 0 Å². The Balaban J connectivity index is 1.33. The van der Waals surface area contributed by atoms with Crippen LogP contribution in [0.1, 0.15) is 35.3 Å². The van der Waals surface area contributed by atoms with Crippen LogP contribution in [0, 0.1) is 0 Å². The van der Waals surface area contributed by atoms with Crippen LogP contribution in [0.5, 0.6) is 0 Å². The Kier molecular flexibility index (Phi) is 3.22. The van der Waals surface area contributed by atoms with Gasteiger partial charge in [0.2, 0.25) is 0 Å². The Labute approximate surface area is 169 Å². The molecular formula is C21H17F3N5O+. The van der Waals surface area contributed by atoms with Crippen LogP contribution in [0.15, 0.2) is 48.8 Å². The number of pyridine rings is 1. The Bertz CT molecular complexity index is 1190. The minimum Gasteiger partial charge on any atom is -0.275 e. The van der Waals surface area contributed by atoms with E-state index in [1.807, 2.05) is 12.1 Å². The number of hydrogen-bond acceptors (Lipinski definition) is 3. The van der Waals surface area contributed by atoms with Gasteiger partial charge >= 0.3 is 12.2 Å². The Morgan fingerprint density at radius 1 is 1.27 bits per heavy atom. The molecule has 2 aromatic heterocycles. The lowest BCUT2D eigenvalue weighted by Crippen LogP contribution is -2.48. The predicted octanol–water partition coefficient (Wildman–Crippen LogP) is 4.43. The fourth-order valence-corrected chi connectivity index (χ4v) is 5.39. The maximum Gasteiger partial charge on any atom is 0.422 e. The largest absolute Gasteiger partial charge is 0.422 e. The molecule has 2 saturated heterocycles. The van der Waals surface area contributed by atoms with Gasteiger partial charge in [-0.1, -0.05) is 0 Å². The molecule has 30 heavy (non-hydrogen) atoms. The maximum absolute atomic E-state index is 13.5. The topological polar surface area (TPSA) is 59.8 Å².